The van der Waals surface area contributed by atoms with Crippen LogP contribution in [-0.2, 0) is 14.4 Å². The second-order valence-electron chi connectivity index (χ2n) is 6.26. The maximum atomic E-state index is 12.5. The number of hydrogen-bond donors (Lipinski definition) is 4. The van der Waals surface area contributed by atoms with Gasteiger partial charge in [-0.05, 0) is 50.7 Å². The molecule has 0 spiro atoms. The maximum Gasteiger partial charge on any atom is 0.326 e. The van der Waals surface area contributed by atoms with Crippen LogP contribution in [0.15, 0.2) is 0 Å². The summed E-state index contributed by atoms with van der Waals surface area (Å²) < 4.78 is 0. The van der Waals surface area contributed by atoms with Crippen LogP contribution in [-0.4, -0.2) is 71.0 Å². The topological polar surface area (TPSA) is 139 Å². The molecule has 0 aromatic carbocycles. The molecule has 0 radical (unpaired) electrons. The van der Waals surface area contributed by atoms with Gasteiger partial charge in [-0.15, -0.1) is 0 Å². The van der Waals surface area contributed by atoms with Gasteiger partial charge in [0.15, 0.2) is 0 Å². The van der Waals surface area contributed by atoms with Gasteiger partial charge in [0.1, 0.15) is 12.1 Å². The minimum atomic E-state index is -1.06. The molecule has 1 fully saturated rings. The molecule has 0 aromatic heterocycles. The first kappa shape index (κ1) is 21.7. The van der Waals surface area contributed by atoms with Crippen LogP contribution in [0.4, 0.5) is 0 Å². The summed E-state index contributed by atoms with van der Waals surface area (Å²) >= 11 is 1.52. The Balaban J connectivity index is 2.64. The lowest BCUT2D eigenvalue weighted by molar-refractivity contribution is -0.144. The van der Waals surface area contributed by atoms with Gasteiger partial charge < -0.3 is 26.8 Å². The Kier molecular flexibility index (Phi) is 9.84. The molecule has 2 amide bonds. The Morgan fingerprint density at radius 3 is 2.64 bits per heavy atom. The zero-order valence-electron chi connectivity index (χ0n) is 14.8. The summed E-state index contributed by atoms with van der Waals surface area (Å²) in [6.45, 7) is 1.03. The summed E-state index contributed by atoms with van der Waals surface area (Å²) in [4.78, 5) is 37.8. The van der Waals surface area contributed by atoms with Gasteiger partial charge in [-0.2, -0.15) is 11.8 Å². The fraction of sp³-hybridized carbons (Fsp3) is 0.812. The number of nitrogens with one attached hydrogen (secondary N) is 1. The highest BCUT2D eigenvalue weighted by molar-refractivity contribution is 7.98. The van der Waals surface area contributed by atoms with Gasteiger partial charge in [0, 0.05) is 6.54 Å². The van der Waals surface area contributed by atoms with Gasteiger partial charge in [0.2, 0.25) is 11.8 Å². The maximum absolute atomic E-state index is 12.5. The molecular weight excluding hydrogens is 344 g/mol. The van der Waals surface area contributed by atoms with Crippen molar-refractivity contribution in [2.24, 2.45) is 11.5 Å². The third-order valence-corrected chi connectivity index (χ3v) is 4.99. The smallest absolute Gasteiger partial charge is 0.326 e. The number of nitrogens with zero attached hydrogens (tertiary/aromatic N) is 1. The number of likely N-dealkylation sites (tertiary alicyclic amines) is 1. The number of nitrogens with two attached hydrogens (primary N) is 2. The monoisotopic (exact) mass is 374 g/mol. The molecule has 1 aliphatic rings. The van der Waals surface area contributed by atoms with E-state index in [0.717, 1.165) is 12.8 Å². The summed E-state index contributed by atoms with van der Waals surface area (Å²) in [6.07, 6.45) is 5.58. The summed E-state index contributed by atoms with van der Waals surface area (Å²) in [5, 5.41) is 11.8. The van der Waals surface area contributed by atoms with Crippen molar-refractivity contribution in [1.29, 1.82) is 0 Å². The van der Waals surface area contributed by atoms with Gasteiger partial charge >= 0.3 is 5.97 Å². The molecule has 0 bridgehead atoms. The van der Waals surface area contributed by atoms with E-state index in [0.29, 0.717) is 44.5 Å². The van der Waals surface area contributed by atoms with Gasteiger partial charge in [-0.1, -0.05) is 6.42 Å². The Bertz CT molecular complexity index is 463. The van der Waals surface area contributed by atoms with E-state index in [1.807, 2.05) is 6.26 Å². The van der Waals surface area contributed by atoms with E-state index in [1.54, 1.807) is 0 Å². The number of carboxylic acids is 1. The number of carbonyl (C=O) groups is 3. The van der Waals surface area contributed by atoms with E-state index in [2.05, 4.69) is 5.32 Å². The van der Waals surface area contributed by atoms with Gasteiger partial charge in [0.25, 0.3) is 0 Å². The van der Waals surface area contributed by atoms with Crippen LogP contribution < -0.4 is 16.8 Å². The molecule has 1 heterocycles. The highest BCUT2D eigenvalue weighted by Crippen LogP contribution is 2.19. The van der Waals surface area contributed by atoms with Crippen LogP contribution in [0.5, 0.6) is 0 Å². The van der Waals surface area contributed by atoms with E-state index in [-0.39, 0.29) is 5.91 Å². The van der Waals surface area contributed by atoms with E-state index in [4.69, 9.17) is 11.5 Å². The number of aliphatic carboxylic acids is 1. The summed E-state index contributed by atoms with van der Waals surface area (Å²) in [6, 6.07) is -2.22. The second-order valence-corrected chi connectivity index (χ2v) is 7.25. The molecule has 144 valence electrons. The molecule has 6 N–H and O–H groups in total. The summed E-state index contributed by atoms with van der Waals surface area (Å²) in [5.41, 5.74) is 11.4. The SMILES string of the molecule is CSCC[C@H](NC(=O)[C@@H]1CCCN1C(=O)[C@@H](N)CCCCN)C(=O)O. The molecule has 1 saturated heterocycles. The average molecular weight is 375 g/mol. The van der Waals surface area contributed by atoms with Crippen molar-refractivity contribution in [3.8, 4) is 0 Å². The molecule has 1 aliphatic heterocycles. The van der Waals surface area contributed by atoms with E-state index < -0.39 is 30.0 Å². The average Bonchev–Trinajstić information content (AvgIpc) is 3.07. The van der Waals surface area contributed by atoms with E-state index in [1.165, 1.54) is 16.7 Å². The number of thioether (sulfide) groups is 1. The number of carboxylic acid groups (broad SMARTS) is 1. The quantitative estimate of drug-likeness (QED) is 0.366. The van der Waals surface area contributed by atoms with Crippen molar-refractivity contribution in [2.45, 2.75) is 56.7 Å². The Labute approximate surface area is 153 Å². The number of unbranched alkanes of at least 4 members (excludes halogenated alkanes) is 1. The highest BCUT2D eigenvalue weighted by atomic mass is 32.2. The predicted octanol–water partition coefficient (Wildman–Crippen LogP) is -0.244. The molecule has 1 rings (SSSR count). The number of hydrogen-bond acceptors (Lipinski definition) is 6. The molecule has 25 heavy (non-hydrogen) atoms. The molecule has 0 aliphatic carbocycles. The molecule has 0 saturated carbocycles. The minimum absolute atomic E-state index is 0.245. The van der Waals surface area contributed by atoms with Crippen molar-refractivity contribution < 1.29 is 19.5 Å². The van der Waals surface area contributed by atoms with E-state index in [9.17, 15) is 19.5 Å². The molecule has 0 aromatic rings. The van der Waals surface area contributed by atoms with E-state index >= 15 is 0 Å². The lowest BCUT2D eigenvalue weighted by atomic mass is 10.1. The number of carbonyl (C=O) groups excluding carboxylic acids is 2. The summed E-state index contributed by atoms with van der Waals surface area (Å²) in [5.74, 6) is -1.08. The van der Waals surface area contributed by atoms with Crippen molar-refractivity contribution >= 4 is 29.5 Å². The first-order chi connectivity index (χ1) is 11.9. The van der Waals surface area contributed by atoms with Crippen molar-refractivity contribution in [3.63, 3.8) is 0 Å². The van der Waals surface area contributed by atoms with Crippen LogP contribution in [0.3, 0.4) is 0 Å². The highest BCUT2D eigenvalue weighted by Gasteiger charge is 2.37. The van der Waals surface area contributed by atoms with Crippen LogP contribution >= 0.6 is 11.8 Å². The van der Waals surface area contributed by atoms with Crippen LogP contribution in [0, 0.1) is 0 Å². The molecular formula is C16H30N4O4S. The van der Waals surface area contributed by atoms with Crippen LogP contribution in [0.2, 0.25) is 0 Å². The molecule has 9 heteroatoms. The normalized spacial score (nSPS) is 19.5. The van der Waals surface area contributed by atoms with Crippen LogP contribution in [0.1, 0.15) is 38.5 Å². The fourth-order valence-electron chi connectivity index (χ4n) is 2.91. The van der Waals surface area contributed by atoms with Crippen LogP contribution in [0.25, 0.3) is 0 Å². The fourth-order valence-corrected chi connectivity index (χ4v) is 3.38. The Morgan fingerprint density at radius 2 is 2.04 bits per heavy atom. The van der Waals surface area contributed by atoms with Crippen molar-refractivity contribution in [2.75, 3.05) is 25.1 Å². The third-order valence-electron chi connectivity index (χ3n) is 4.35. The first-order valence-corrected chi connectivity index (χ1v) is 10.1. The second kappa shape index (κ2) is 11.3. The van der Waals surface area contributed by atoms with Gasteiger partial charge in [0.05, 0.1) is 6.04 Å². The Morgan fingerprint density at radius 1 is 1.32 bits per heavy atom. The lowest BCUT2D eigenvalue weighted by Crippen LogP contribution is -2.54. The van der Waals surface area contributed by atoms with Gasteiger partial charge in [-0.25, -0.2) is 4.79 Å². The molecule has 8 nitrogen and oxygen atoms in total. The van der Waals surface area contributed by atoms with Gasteiger partial charge in [-0.3, -0.25) is 9.59 Å². The Hall–Kier alpha value is -1.32. The largest absolute Gasteiger partial charge is 0.480 e. The summed E-state index contributed by atoms with van der Waals surface area (Å²) in [7, 11) is 0. The zero-order valence-corrected chi connectivity index (χ0v) is 15.6. The minimum Gasteiger partial charge on any atom is -0.480 e. The third kappa shape index (κ3) is 6.83. The predicted molar refractivity (Wildman–Crippen MR) is 98.2 cm³/mol. The zero-order chi connectivity index (χ0) is 18.8. The number of amides is 2. The standard InChI is InChI=1S/C16H30N4O4S/c1-25-10-7-12(16(23)24)19-14(21)13-6-4-9-20(13)15(22)11(18)5-2-3-8-17/h11-13H,2-10,17-18H2,1H3,(H,19,21)(H,23,24)/t11-,12-,13-/m0/s1. The molecule has 3 atom stereocenters. The first-order valence-electron chi connectivity index (χ1n) is 8.70. The number of rotatable bonds is 11. The van der Waals surface area contributed by atoms with Crippen molar-refractivity contribution in [3.05, 3.63) is 0 Å². The molecule has 0 unspecified atom stereocenters. The van der Waals surface area contributed by atoms with Crippen molar-refractivity contribution in [1.82, 2.24) is 10.2 Å². The lowest BCUT2D eigenvalue weighted by Gasteiger charge is -2.27.